The second-order valence-electron chi connectivity index (χ2n) is 6.74. The predicted octanol–water partition coefficient (Wildman–Crippen LogP) is 3.76. The van der Waals surface area contributed by atoms with Gasteiger partial charge >= 0.3 is 0 Å². The van der Waals surface area contributed by atoms with Crippen LogP contribution in [0.1, 0.15) is 24.3 Å². The van der Waals surface area contributed by atoms with Crippen LogP contribution in [0.3, 0.4) is 0 Å². The molecule has 0 saturated carbocycles. The summed E-state index contributed by atoms with van der Waals surface area (Å²) in [4.78, 5) is 32.4. The summed E-state index contributed by atoms with van der Waals surface area (Å²) in [5.74, 6) is 0.677. The number of rotatable bonds is 10. The molecule has 8 nitrogen and oxygen atoms in total. The number of carbonyl (C=O) groups is 1. The Labute approximate surface area is 204 Å². The van der Waals surface area contributed by atoms with Crippen LogP contribution in [-0.2, 0) is 17.8 Å². The largest absolute Gasteiger partial charge is 0.356 e. The van der Waals surface area contributed by atoms with Gasteiger partial charge in [0.2, 0.25) is 5.91 Å². The van der Waals surface area contributed by atoms with Gasteiger partial charge in [0, 0.05) is 43.7 Å². The Kier molecular flexibility index (Phi) is 12.1. The van der Waals surface area contributed by atoms with Crippen LogP contribution >= 0.6 is 35.3 Å². The van der Waals surface area contributed by atoms with Crippen LogP contribution in [0.2, 0.25) is 0 Å². The van der Waals surface area contributed by atoms with Crippen LogP contribution in [0.15, 0.2) is 46.8 Å². The summed E-state index contributed by atoms with van der Waals surface area (Å²) in [6.45, 7) is 6.56. The van der Waals surface area contributed by atoms with Gasteiger partial charge in [0.15, 0.2) is 5.96 Å². The van der Waals surface area contributed by atoms with Crippen LogP contribution in [0.4, 0.5) is 5.69 Å². The first-order chi connectivity index (χ1) is 14.4. The van der Waals surface area contributed by atoms with Gasteiger partial charge in [-0.1, -0.05) is 18.2 Å². The standard InChI is InChI=1S/C21H29N5O3S.HI/c1-4-25(5-2)20(27)16-24(3)21(22-13-12-19-7-6-14-30-19)23-15-17-8-10-18(11-9-17)26(28)29;/h6-11,14H,4-5,12-13,15-16H2,1-3H3,(H,22,23);1H. The van der Waals surface area contributed by atoms with Crippen molar-refractivity contribution in [2.75, 3.05) is 33.2 Å². The fourth-order valence-electron chi connectivity index (χ4n) is 2.91. The molecule has 0 unspecified atom stereocenters. The average molecular weight is 559 g/mol. The van der Waals surface area contributed by atoms with Crippen LogP contribution in [0.25, 0.3) is 0 Å². The molecule has 1 N–H and O–H groups in total. The molecule has 0 radical (unpaired) electrons. The van der Waals surface area contributed by atoms with E-state index < -0.39 is 4.92 Å². The van der Waals surface area contributed by atoms with E-state index in [4.69, 9.17) is 0 Å². The third-order valence-electron chi connectivity index (χ3n) is 4.64. The van der Waals surface area contributed by atoms with Crippen molar-refractivity contribution in [1.82, 2.24) is 15.1 Å². The van der Waals surface area contributed by atoms with Gasteiger partial charge in [-0.05, 0) is 37.3 Å². The second kappa shape index (κ2) is 14.0. The number of benzene rings is 1. The van der Waals surface area contributed by atoms with Crippen LogP contribution in [0.5, 0.6) is 0 Å². The van der Waals surface area contributed by atoms with Crippen molar-refractivity contribution in [2.24, 2.45) is 4.99 Å². The number of non-ortho nitro benzene ring substituents is 1. The Morgan fingerprint density at radius 3 is 2.42 bits per heavy atom. The lowest BCUT2D eigenvalue weighted by Gasteiger charge is -2.26. The highest BCUT2D eigenvalue weighted by molar-refractivity contribution is 14.0. The molecular weight excluding hydrogens is 529 g/mol. The number of halogens is 1. The number of amides is 1. The summed E-state index contributed by atoms with van der Waals surface area (Å²) in [7, 11) is 1.84. The van der Waals surface area contributed by atoms with E-state index in [-0.39, 0.29) is 42.1 Å². The molecule has 0 aliphatic carbocycles. The summed E-state index contributed by atoms with van der Waals surface area (Å²) >= 11 is 1.71. The lowest BCUT2D eigenvalue weighted by molar-refractivity contribution is -0.384. The number of thiophene rings is 1. The summed E-state index contributed by atoms with van der Waals surface area (Å²) in [6.07, 6.45) is 0.867. The van der Waals surface area contributed by atoms with E-state index in [2.05, 4.69) is 16.4 Å². The topological polar surface area (TPSA) is 91.1 Å². The van der Waals surface area contributed by atoms with E-state index in [9.17, 15) is 14.9 Å². The van der Waals surface area contributed by atoms with Gasteiger partial charge in [0.25, 0.3) is 5.69 Å². The molecule has 2 aromatic rings. The van der Waals surface area contributed by atoms with Crippen LogP contribution in [-0.4, -0.2) is 59.8 Å². The van der Waals surface area contributed by atoms with Gasteiger partial charge in [0.05, 0.1) is 18.0 Å². The molecule has 1 aromatic carbocycles. The highest BCUT2D eigenvalue weighted by Gasteiger charge is 2.15. The van der Waals surface area contributed by atoms with Crippen LogP contribution in [0, 0.1) is 10.1 Å². The minimum atomic E-state index is -0.419. The van der Waals surface area contributed by atoms with Gasteiger partial charge in [-0.3, -0.25) is 14.9 Å². The summed E-state index contributed by atoms with van der Waals surface area (Å²) in [5, 5.41) is 16.2. The Morgan fingerprint density at radius 1 is 1.19 bits per heavy atom. The molecule has 10 heteroatoms. The van der Waals surface area contributed by atoms with Gasteiger partial charge in [-0.25, -0.2) is 4.99 Å². The fraction of sp³-hybridized carbons (Fsp3) is 0.429. The lowest BCUT2D eigenvalue weighted by atomic mass is 10.2. The highest BCUT2D eigenvalue weighted by atomic mass is 127. The van der Waals surface area contributed by atoms with Gasteiger partial charge < -0.3 is 15.1 Å². The van der Waals surface area contributed by atoms with Crippen molar-refractivity contribution >= 4 is 52.9 Å². The summed E-state index contributed by atoms with van der Waals surface area (Å²) < 4.78 is 0. The number of nitrogens with one attached hydrogen (secondary N) is 1. The Morgan fingerprint density at radius 2 is 1.87 bits per heavy atom. The quantitative estimate of drug-likeness (QED) is 0.157. The average Bonchev–Trinajstić information content (AvgIpc) is 3.25. The zero-order valence-corrected chi connectivity index (χ0v) is 21.3. The van der Waals surface area contributed by atoms with E-state index >= 15 is 0 Å². The summed E-state index contributed by atoms with van der Waals surface area (Å²) in [6, 6.07) is 10.5. The molecule has 170 valence electrons. The Balaban J connectivity index is 0.00000480. The number of aliphatic imine (C=N–C) groups is 1. The third-order valence-corrected chi connectivity index (χ3v) is 5.58. The number of guanidine groups is 1. The minimum absolute atomic E-state index is 0. The molecule has 0 bridgehead atoms. The molecule has 0 saturated heterocycles. The minimum Gasteiger partial charge on any atom is -0.356 e. The highest BCUT2D eigenvalue weighted by Crippen LogP contribution is 2.13. The zero-order valence-electron chi connectivity index (χ0n) is 18.1. The smallest absolute Gasteiger partial charge is 0.269 e. The molecule has 2 rings (SSSR count). The molecule has 0 atom stereocenters. The molecule has 0 aliphatic heterocycles. The maximum atomic E-state index is 12.5. The molecule has 1 amide bonds. The van der Waals surface area contributed by atoms with E-state index in [0.717, 1.165) is 12.0 Å². The van der Waals surface area contributed by atoms with Crippen molar-refractivity contribution in [3.05, 3.63) is 62.3 Å². The van der Waals surface area contributed by atoms with Gasteiger partial charge in [-0.15, -0.1) is 35.3 Å². The van der Waals surface area contributed by atoms with Gasteiger partial charge in [0.1, 0.15) is 0 Å². The molecule has 1 heterocycles. The second-order valence-corrected chi connectivity index (χ2v) is 7.77. The fourth-order valence-corrected chi connectivity index (χ4v) is 3.62. The van der Waals surface area contributed by atoms with Crippen molar-refractivity contribution in [1.29, 1.82) is 0 Å². The zero-order chi connectivity index (χ0) is 21.9. The number of likely N-dealkylation sites (N-methyl/N-ethyl adjacent to an activating group) is 2. The number of hydrogen-bond acceptors (Lipinski definition) is 5. The first-order valence-corrected chi connectivity index (χ1v) is 10.9. The first-order valence-electron chi connectivity index (χ1n) is 9.97. The Hall–Kier alpha value is -2.21. The predicted molar refractivity (Wildman–Crippen MR) is 136 cm³/mol. The monoisotopic (exact) mass is 559 g/mol. The number of hydrogen-bond donors (Lipinski definition) is 1. The molecule has 0 fully saturated rings. The lowest BCUT2D eigenvalue weighted by Crippen LogP contribution is -2.46. The van der Waals surface area contributed by atoms with E-state index in [0.29, 0.717) is 32.1 Å². The number of nitrogens with zero attached hydrogens (tertiary/aromatic N) is 4. The molecule has 1 aromatic heterocycles. The van der Waals surface area contributed by atoms with Crippen molar-refractivity contribution in [2.45, 2.75) is 26.8 Å². The first kappa shape index (κ1) is 26.8. The number of carbonyl (C=O) groups excluding carboxylic acids is 1. The van der Waals surface area contributed by atoms with E-state index in [1.165, 1.54) is 17.0 Å². The van der Waals surface area contributed by atoms with E-state index in [1.807, 2.05) is 37.2 Å². The van der Waals surface area contributed by atoms with Crippen LogP contribution < -0.4 is 5.32 Å². The van der Waals surface area contributed by atoms with Crippen molar-refractivity contribution in [3.63, 3.8) is 0 Å². The molecule has 0 aliphatic rings. The molecule has 31 heavy (non-hydrogen) atoms. The third kappa shape index (κ3) is 8.82. The van der Waals surface area contributed by atoms with Crippen molar-refractivity contribution < 1.29 is 9.72 Å². The Bertz CT molecular complexity index is 839. The SMILES string of the molecule is CCN(CC)C(=O)CN(C)C(=NCc1ccc([N+](=O)[O-])cc1)NCCc1cccs1.I. The molecule has 0 spiro atoms. The number of nitro benzene ring substituents is 1. The maximum Gasteiger partial charge on any atom is 0.269 e. The summed E-state index contributed by atoms with van der Waals surface area (Å²) in [5.41, 5.74) is 0.917. The van der Waals surface area contributed by atoms with Crippen molar-refractivity contribution in [3.8, 4) is 0 Å². The van der Waals surface area contributed by atoms with E-state index in [1.54, 1.807) is 28.4 Å². The van der Waals surface area contributed by atoms with Gasteiger partial charge in [-0.2, -0.15) is 0 Å². The number of nitro groups is 1. The normalized spacial score (nSPS) is 10.9. The molecular formula is C21H30IN5O3S. The maximum absolute atomic E-state index is 12.5.